The van der Waals surface area contributed by atoms with Crippen LogP contribution in [-0.2, 0) is 4.74 Å². The smallest absolute Gasteiger partial charge is 0.0593 e. The predicted octanol–water partition coefficient (Wildman–Crippen LogP) is 1.37. The monoisotopic (exact) mass is 212 g/mol. The van der Waals surface area contributed by atoms with Crippen LogP contribution in [0, 0.1) is 0 Å². The molecule has 2 aliphatic heterocycles. The molecule has 3 heteroatoms. The second-order valence-electron chi connectivity index (χ2n) is 4.90. The Morgan fingerprint density at radius 1 is 1.27 bits per heavy atom. The van der Waals surface area contributed by atoms with Crippen molar-refractivity contribution in [3.05, 3.63) is 0 Å². The van der Waals surface area contributed by atoms with Crippen molar-refractivity contribution in [2.45, 2.75) is 57.2 Å². The lowest BCUT2D eigenvalue weighted by molar-refractivity contribution is 0.00618. The molecule has 2 bridgehead atoms. The second kappa shape index (κ2) is 5.28. The van der Waals surface area contributed by atoms with Gasteiger partial charge in [0.15, 0.2) is 0 Å². The fourth-order valence-electron chi connectivity index (χ4n) is 3.20. The predicted molar refractivity (Wildman–Crippen MR) is 61.8 cm³/mol. The van der Waals surface area contributed by atoms with Gasteiger partial charge in [-0.15, -0.1) is 0 Å². The van der Waals surface area contributed by atoms with Gasteiger partial charge < -0.3 is 10.5 Å². The number of piperidine rings is 2. The van der Waals surface area contributed by atoms with Gasteiger partial charge in [-0.3, -0.25) is 4.90 Å². The summed E-state index contributed by atoms with van der Waals surface area (Å²) in [7, 11) is 0. The third-order valence-electron chi connectivity index (χ3n) is 3.86. The number of nitrogens with zero attached hydrogens (tertiary/aromatic N) is 1. The molecule has 2 unspecified atom stereocenters. The first kappa shape index (κ1) is 11.4. The molecule has 2 fully saturated rings. The molecule has 0 aliphatic carbocycles. The van der Waals surface area contributed by atoms with E-state index in [0.29, 0.717) is 6.04 Å². The molecule has 0 radical (unpaired) electrons. The summed E-state index contributed by atoms with van der Waals surface area (Å²) in [5, 5.41) is 0. The fraction of sp³-hybridized carbons (Fsp3) is 1.00. The Kier molecular flexibility index (Phi) is 4.00. The average Bonchev–Trinajstić information content (AvgIpc) is 2.19. The van der Waals surface area contributed by atoms with Crippen LogP contribution in [0.25, 0.3) is 0 Å². The number of fused-ring (bicyclic) bond motifs is 2. The van der Waals surface area contributed by atoms with E-state index in [-0.39, 0.29) is 0 Å². The first-order valence-corrected chi connectivity index (χ1v) is 6.40. The summed E-state index contributed by atoms with van der Waals surface area (Å²) < 4.78 is 5.46. The number of rotatable bonds is 4. The number of nitrogens with two attached hydrogens (primary N) is 1. The highest BCUT2D eigenvalue weighted by Crippen LogP contribution is 2.32. The van der Waals surface area contributed by atoms with E-state index < -0.39 is 0 Å². The van der Waals surface area contributed by atoms with Crippen LogP contribution >= 0.6 is 0 Å². The van der Waals surface area contributed by atoms with Gasteiger partial charge in [-0.1, -0.05) is 6.42 Å². The summed E-state index contributed by atoms with van der Waals surface area (Å²) >= 11 is 0. The third kappa shape index (κ3) is 2.71. The van der Waals surface area contributed by atoms with Crippen LogP contribution in [0.5, 0.6) is 0 Å². The van der Waals surface area contributed by atoms with E-state index in [2.05, 4.69) is 11.8 Å². The largest absolute Gasteiger partial charge is 0.380 e. The molecule has 0 amide bonds. The summed E-state index contributed by atoms with van der Waals surface area (Å²) in [6.45, 7) is 4.89. The summed E-state index contributed by atoms with van der Waals surface area (Å²) in [6, 6.07) is 1.93. The van der Waals surface area contributed by atoms with E-state index in [1.54, 1.807) is 0 Å². The van der Waals surface area contributed by atoms with Crippen LogP contribution in [0.2, 0.25) is 0 Å². The van der Waals surface area contributed by atoms with Crippen molar-refractivity contribution in [3.8, 4) is 0 Å². The molecule has 2 aliphatic rings. The van der Waals surface area contributed by atoms with Gasteiger partial charge in [-0.25, -0.2) is 0 Å². The van der Waals surface area contributed by atoms with Crippen LogP contribution < -0.4 is 5.73 Å². The zero-order valence-electron chi connectivity index (χ0n) is 9.82. The van der Waals surface area contributed by atoms with E-state index in [0.717, 1.165) is 31.8 Å². The second-order valence-corrected chi connectivity index (χ2v) is 4.90. The minimum absolute atomic E-state index is 0.448. The van der Waals surface area contributed by atoms with E-state index >= 15 is 0 Å². The van der Waals surface area contributed by atoms with Crippen LogP contribution in [0.4, 0.5) is 0 Å². The lowest BCUT2D eigenvalue weighted by Crippen LogP contribution is -2.56. The van der Waals surface area contributed by atoms with Gasteiger partial charge in [0.1, 0.15) is 0 Å². The lowest BCUT2D eigenvalue weighted by Gasteiger charge is -2.48. The van der Waals surface area contributed by atoms with Crippen molar-refractivity contribution in [2.24, 2.45) is 5.73 Å². The summed E-state index contributed by atoms with van der Waals surface area (Å²) in [4.78, 5) is 2.66. The molecule has 0 spiro atoms. The molecule has 0 aromatic rings. The van der Waals surface area contributed by atoms with Crippen molar-refractivity contribution >= 4 is 0 Å². The normalized spacial score (nSPS) is 36.8. The zero-order chi connectivity index (χ0) is 10.7. The first-order valence-electron chi connectivity index (χ1n) is 6.40. The summed E-state index contributed by atoms with van der Waals surface area (Å²) in [5.41, 5.74) is 6.08. The zero-order valence-corrected chi connectivity index (χ0v) is 9.82. The van der Waals surface area contributed by atoms with Gasteiger partial charge in [0.25, 0.3) is 0 Å². The highest BCUT2D eigenvalue weighted by Gasteiger charge is 2.36. The maximum absolute atomic E-state index is 6.08. The van der Waals surface area contributed by atoms with E-state index in [9.17, 15) is 0 Å². The Bertz CT molecular complexity index is 184. The molecule has 2 atom stereocenters. The lowest BCUT2D eigenvalue weighted by atomic mass is 9.82. The maximum Gasteiger partial charge on any atom is 0.0593 e. The Hall–Kier alpha value is -0.120. The summed E-state index contributed by atoms with van der Waals surface area (Å²) in [6.07, 6.45) is 6.48. The van der Waals surface area contributed by atoms with Crippen molar-refractivity contribution in [1.29, 1.82) is 0 Å². The maximum atomic E-state index is 6.08. The standard InChI is InChI=1S/C12H24N2O/c1-2-15-7-6-14-11-4-3-5-12(14)9-10(13)8-11/h10-12H,2-9,13H2,1H3. The third-order valence-corrected chi connectivity index (χ3v) is 3.86. The van der Waals surface area contributed by atoms with Crippen LogP contribution in [0.15, 0.2) is 0 Å². The molecule has 88 valence electrons. The van der Waals surface area contributed by atoms with Crippen LogP contribution in [0.1, 0.15) is 39.0 Å². The number of hydrogen-bond acceptors (Lipinski definition) is 3. The Balaban J connectivity index is 1.86. The van der Waals surface area contributed by atoms with E-state index in [1.807, 2.05) is 0 Å². The number of hydrogen-bond donors (Lipinski definition) is 1. The molecular formula is C12H24N2O. The Morgan fingerprint density at radius 3 is 2.53 bits per heavy atom. The van der Waals surface area contributed by atoms with Crippen molar-refractivity contribution in [3.63, 3.8) is 0 Å². The van der Waals surface area contributed by atoms with Gasteiger partial charge in [0, 0.05) is 31.3 Å². The summed E-state index contributed by atoms with van der Waals surface area (Å²) in [5.74, 6) is 0. The minimum atomic E-state index is 0.448. The van der Waals surface area contributed by atoms with Crippen LogP contribution in [0.3, 0.4) is 0 Å². The molecule has 2 saturated heterocycles. The van der Waals surface area contributed by atoms with Gasteiger partial charge >= 0.3 is 0 Å². The van der Waals surface area contributed by atoms with Gasteiger partial charge in [-0.2, -0.15) is 0 Å². The highest BCUT2D eigenvalue weighted by atomic mass is 16.5. The Labute approximate surface area is 93.0 Å². The van der Waals surface area contributed by atoms with E-state index in [1.165, 1.54) is 32.1 Å². The quantitative estimate of drug-likeness (QED) is 0.715. The van der Waals surface area contributed by atoms with Gasteiger partial charge in [-0.05, 0) is 32.6 Å². The molecule has 0 aromatic heterocycles. The van der Waals surface area contributed by atoms with E-state index in [4.69, 9.17) is 10.5 Å². The minimum Gasteiger partial charge on any atom is -0.380 e. The molecule has 15 heavy (non-hydrogen) atoms. The SMILES string of the molecule is CCOCCN1C2CCCC1CC(N)C2. The van der Waals surface area contributed by atoms with Crippen LogP contribution in [-0.4, -0.2) is 42.8 Å². The van der Waals surface area contributed by atoms with Gasteiger partial charge in [0.05, 0.1) is 6.61 Å². The van der Waals surface area contributed by atoms with Crippen molar-refractivity contribution < 1.29 is 4.74 Å². The molecule has 3 nitrogen and oxygen atoms in total. The molecule has 2 rings (SSSR count). The highest BCUT2D eigenvalue weighted by molar-refractivity contribution is 4.93. The molecule has 2 N–H and O–H groups in total. The fourth-order valence-corrected chi connectivity index (χ4v) is 3.20. The molecule has 2 heterocycles. The van der Waals surface area contributed by atoms with Crippen molar-refractivity contribution in [2.75, 3.05) is 19.8 Å². The van der Waals surface area contributed by atoms with Crippen molar-refractivity contribution in [1.82, 2.24) is 4.90 Å². The first-order chi connectivity index (χ1) is 7.31. The molecular weight excluding hydrogens is 188 g/mol. The number of ether oxygens (including phenoxy) is 1. The Morgan fingerprint density at radius 2 is 1.93 bits per heavy atom. The molecule has 0 saturated carbocycles. The topological polar surface area (TPSA) is 38.5 Å². The van der Waals surface area contributed by atoms with Gasteiger partial charge in [0.2, 0.25) is 0 Å². The molecule has 0 aromatic carbocycles. The average molecular weight is 212 g/mol.